The van der Waals surface area contributed by atoms with Crippen molar-refractivity contribution in [3.63, 3.8) is 0 Å². The van der Waals surface area contributed by atoms with Crippen LogP contribution in [0.3, 0.4) is 0 Å². The zero-order valence-corrected chi connectivity index (χ0v) is 12.1. The molecule has 1 unspecified atom stereocenters. The molecule has 3 heteroatoms. The van der Waals surface area contributed by atoms with E-state index in [1.807, 2.05) is 35.2 Å². The first-order valence-electron chi connectivity index (χ1n) is 7.14. The SMILES string of the molecule is CCC(C)(C)C(O)N1CC[C@H](O)[C@H]1c1ccccc1. The molecule has 106 valence electrons. The van der Waals surface area contributed by atoms with Gasteiger partial charge in [-0.2, -0.15) is 0 Å². The Balaban J connectivity index is 2.25. The highest BCUT2D eigenvalue weighted by Crippen LogP contribution is 2.38. The van der Waals surface area contributed by atoms with E-state index >= 15 is 0 Å². The highest BCUT2D eigenvalue weighted by Gasteiger charge is 2.42. The molecule has 19 heavy (non-hydrogen) atoms. The number of nitrogens with zero attached hydrogens (tertiary/aromatic N) is 1. The van der Waals surface area contributed by atoms with E-state index in [9.17, 15) is 10.2 Å². The summed E-state index contributed by atoms with van der Waals surface area (Å²) in [7, 11) is 0. The minimum atomic E-state index is -0.528. The Labute approximate surface area is 115 Å². The van der Waals surface area contributed by atoms with Crippen molar-refractivity contribution in [3.05, 3.63) is 35.9 Å². The molecule has 3 atom stereocenters. The molecule has 1 aliphatic heterocycles. The van der Waals surface area contributed by atoms with Crippen molar-refractivity contribution in [2.75, 3.05) is 6.54 Å². The lowest BCUT2D eigenvalue weighted by Gasteiger charge is -2.39. The molecule has 0 aliphatic carbocycles. The van der Waals surface area contributed by atoms with Crippen LogP contribution in [-0.4, -0.2) is 34.0 Å². The van der Waals surface area contributed by atoms with E-state index in [0.29, 0.717) is 0 Å². The standard InChI is InChI=1S/C16H25NO2/c1-4-16(2,3)15(19)17-11-10-13(18)14(17)12-8-6-5-7-9-12/h5-9,13-15,18-19H,4,10-11H2,1-3H3/t13-,14+,15?/m0/s1. The average molecular weight is 263 g/mol. The van der Waals surface area contributed by atoms with Gasteiger partial charge in [0.15, 0.2) is 0 Å². The summed E-state index contributed by atoms with van der Waals surface area (Å²) < 4.78 is 0. The van der Waals surface area contributed by atoms with Gasteiger partial charge in [-0.25, -0.2) is 0 Å². The largest absolute Gasteiger partial charge is 0.391 e. The lowest BCUT2D eigenvalue weighted by Crippen LogP contribution is -2.45. The number of aliphatic hydroxyl groups excluding tert-OH is 2. The van der Waals surface area contributed by atoms with Crippen molar-refractivity contribution in [2.45, 2.75) is 52.0 Å². The van der Waals surface area contributed by atoms with Crippen LogP contribution in [0, 0.1) is 5.41 Å². The predicted molar refractivity (Wildman–Crippen MR) is 76.6 cm³/mol. The van der Waals surface area contributed by atoms with E-state index in [2.05, 4.69) is 20.8 Å². The molecule has 1 saturated heterocycles. The molecule has 0 saturated carbocycles. The third kappa shape index (κ3) is 2.83. The number of hydrogen-bond acceptors (Lipinski definition) is 3. The first-order valence-corrected chi connectivity index (χ1v) is 7.14. The van der Waals surface area contributed by atoms with Crippen LogP contribution in [0.1, 0.15) is 45.2 Å². The van der Waals surface area contributed by atoms with Crippen LogP contribution >= 0.6 is 0 Å². The lowest BCUT2D eigenvalue weighted by atomic mass is 9.86. The summed E-state index contributed by atoms with van der Waals surface area (Å²) in [4.78, 5) is 2.05. The fourth-order valence-electron chi connectivity index (χ4n) is 2.77. The van der Waals surface area contributed by atoms with Gasteiger partial charge in [0.1, 0.15) is 6.23 Å². The van der Waals surface area contributed by atoms with Gasteiger partial charge in [-0.05, 0) is 18.4 Å². The minimum Gasteiger partial charge on any atom is -0.391 e. The topological polar surface area (TPSA) is 43.7 Å². The Kier molecular flexibility index (Phi) is 4.29. The van der Waals surface area contributed by atoms with Crippen molar-refractivity contribution in [3.8, 4) is 0 Å². The first kappa shape index (κ1) is 14.5. The molecule has 0 aromatic heterocycles. The van der Waals surface area contributed by atoms with Crippen LogP contribution in [-0.2, 0) is 0 Å². The molecule has 2 rings (SSSR count). The molecule has 3 nitrogen and oxygen atoms in total. The van der Waals surface area contributed by atoms with Gasteiger partial charge in [-0.15, -0.1) is 0 Å². The molecule has 1 aromatic rings. The molecule has 1 aromatic carbocycles. The summed E-state index contributed by atoms with van der Waals surface area (Å²) in [5, 5.41) is 20.9. The van der Waals surface area contributed by atoms with Gasteiger partial charge >= 0.3 is 0 Å². The Morgan fingerprint density at radius 3 is 2.53 bits per heavy atom. The number of aliphatic hydroxyl groups is 2. The lowest BCUT2D eigenvalue weighted by molar-refractivity contribution is -0.0951. The molecule has 2 N–H and O–H groups in total. The third-order valence-electron chi connectivity index (χ3n) is 4.47. The second kappa shape index (κ2) is 5.61. The van der Waals surface area contributed by atoms with E-state index in [-0.39, 0.29) is 11.5 Å². The summed E-state index contributed by atoms with van der Waals surface area (Å²) >= 11 is 0. The molecule has 0 bridgehead atoms. The zero-order valence-electron chi connectivity index (χ0n) is 12.1. The molecule has 0 spiro atoms. The Morgan fingerprint density at radius 2 is 1.95 bits per heavy atom. The molecular formula is C16H25NO2. The average Bonchev–Trinajstić information content (AvgIpc) is 2.80. The van der Waals surface area contributed by atoms with E-state index < -0.39 is 12.3 Å². The van der Waals surface area contributed by atoms with E-state index in [1.54, 1.807) is 0 Å². The normalized spacial score (nSPS) is 26.6. The second-order valence-electron chi connectivity index (χ2n) is 6.17. The molecule has 1 aliphatic rings. The van der Waals surface area contributed by atoms with Crippen LogP contribution in [0.4, 0.5) is 0 Å². The minimum absolute atomic E-state index is 0.0953. The molecule has 1 fully saturated rings. The summed E-state index contributed by atoms with van der Waals surface area (Å²) in [6.07, 6.45) is 0.697. The fourth-order valence-corrected chi connectivity index (χ4v) is 2.77. The number of rotatable bonds is 4. The molecule has 1 heterocycles. The fraction of sp³-hybridized carbons (Fsp3) is 0.625. The van der Waals surface area contributed by atoms with Gasteiger partial charge in [-0.1, -0.05) is 51.1 Å². The van der Waals surface area contributed by atoms with E-state index in [4.69, 9.17) is 0 Å². The predicted octanol–water partition coefficient (Wildman–Crippen LogP) is 2.55. The Bertz CT molecular complexity index is 404. The quantitative estimate of drug-likeness (QED) is 0.877. The van der Waals surface area contributed by atoms with Gasteiger partial charge in [0.25, 0.3) is 0 Å². The van der Waals surface area contributed by atoms with E-state index in [0.717, 1.165) is 24.9 Å². The van der Waals surface area contributed by atoms with Crippen molar-refractivity contribution in [2.24, 2.45) is 5.41 Å². The smallest absolute Gasteiger partial charge is 0.113 e. The zero-order chi connectivity index (χ0) is 14.0. The highest BCUT2D eigenvalue weighted by atomic mass is 16.3. The Morgan fingerprint density at radius 1 is 1.32 bits per heavy atom. The van der Waals surface area contributed by atoms with Crippen molar-refractivity contribution < 1.29 is 10.2 Å². The number of likely N-dealkylation sites (tertiary alicyclic amines) is 1. The monoisotopic (exact) mass is 263 g/mol. The third-order valence-corrected chi connectivity index (χ3v) is 4.47. The van der Waals surface area contributed by atoms with Gasteiger partial charge < -0.3 is 10.2 Å². The maximum atomic E-state index is 10.6. The Hall–Kier alpha value is -0.900. The van der Waals surface area contributed by atoms with Crippen LogP contribution in [0.5, 0.6) is 0 Å². The second-order valence-corrected chi connectivity index (χ2v) is 6.17. The van der Waals surface area contributed by atoms with Crippen LogP contribution in [0.15, 0.2) is 30.3 Å². The van der Waals surface area contributed by atoms with Crippen LogP contribution < -0.4 is 0 Å². The number of benzene rings is 1. The van der Waals surface area contributed by atoms with Crippen LogP contribution in [0.25, 0.3) is 0 Å². The summed E-state index contributed by atoms with van der Waals surface area (Å²) in [5.74, 6) is 0. The van der Waals surface area contributed by atoms with E-state index in [1.165, 1.54) is 0 Å². The van der Waals surface area contributed by atoms with Crippen molar-refractivity contribution in [1.29, 1.82) is 0 Å². The maximum Gasteiger partial charge on any atom is 0.113 e. The summed E-state index contributed by atoms with van der Waals surface area (Å²) in [5.41, 5.74) is 0.912. The van der Waals surface area contributed by atoms with Gasteiger partial charge in [-0.3, -0.25) is 4.90 Å². The molecular weight excluding hydrogens is 238 g/mol. The van der Waals surface area contributed by atoms with Crippen LogP contribution in [0.2, 0.25) is 0 Å². The van der Waals surface area contributed by atoms with Gasteiger partial charge in [0.2, 0.25) is 0 Å². The first-order chi connectivity index (χ1) is 8.97. The molecule has 0 amide bonds. The maximum absolute atomic E-state index is 10.6. The molecule has 0 radical (unpaired) electrons. The van der Waals surface area contributed by atoms with Crippen molar-refractivity contribution in [1.82, 2.24) is 4.90 Å². The number of hydrogen-bond donors (Lipinski definition) is 2. The van der Waals surface area contributed by atoms with Gasteiger partial charge in [0.05, 0.1) is 12.1 Å². The summed E-state index contributed by atoms with van der Waals surface area (Å²) in [6.45, 7) is 6.98. The highest BCUT2D eigenvalue weighted by molar-refractivity contribution is 5.22. The van der Waals surface area contributed by atoms with Crippen molar-refractivity contribution >= 4 is 0 Å². The summed E-state index contributed by atoms with van der Waals surface area (Å²) in [6, 6.07) is 9.89. The van der Waals surface area contributed by atoms with Gasteiger partial charge in [0, 0.05) is 12.0 Å².